The summed E-state index contributed by atoms with van der Waals surface area (Å²) in [6.07, 6.45) is 4.12. The fourth-order valence-electron chi connectivity index (χ4n) is 2.95. The average molecular weight is 289 g/mol. The van der Waals surface area contributed by atoms with E-state index in [2.05, 4.69) is 24.4 Å². The molecule has 4 nitrogen and oxygen atoms in total. The lowest BCUT2D eigenvalue weighted by Crippen LogP contribution is -2.39. The Labute approximate surface area is 125 Å². The third kappa shape index (κ3) is 4.06. The van der Waals surface area contributed by atoms with E-state index >= 15 is 0 Å². The van der Waals surface area contributed by atoms with E-state index in [9.17, 15) is 14.7 Å². The Morgan fingerprint density at radius 2 is 1.67 bits per heavy atom. The minimum absolute atomic E-state index is 0.123. The van der Waals surface area contributed by atoms with E-state index in [1.54, 1.807) is 0 Å². The average Bonchev–Trinajstić information content (AvgIpc) is 2.53. The zero-order valence-electron chi connectivity index (χ0n) is 12.5. The number of carbonyl (C=O) groups excluding carboxylic acids is 1. The molecule has 1 aliphatic carbocycles. The van der Waals surface area contributed by atoms with Gasteiger partial charge in [0.05, 0.1) is 11.8 Å². The van der Waals surface area contributed by atoms with Crippen molar-refractivity contribution in [1.82, 2.24) is 5.32 Å². The van der Waals surface area contributed by atoms with Crippen molar-refractivity contribution in [2.45, 2.75) is 45.6 Å². The number of carboxylic acids is 1. The highest BCUT2D eigenvalue weighted by atomic mass is 16.4. The first-order valence-electron chi connectivity index (χ1n) is 7.70. The molecule has 0 unspecified atom stereocenters. The van der Waals surface area contributed by atoms with Crippen molar-refractivity contribution in [2.24, 2.45) is 11.8 Å². The van der Waals surface area contributed by atoms with Crippen LogP contribution in [-0.4, -0.2) is 17.0 Å². The van der Waals surface area contributed by atoms with Crippen LogP contribution in [0.25, 0.3) is 0 Å². The van der Waals surface area contributed by atoms with E-state index in [1.807, 2.05) is 12.1 Å². The molecule has 4 heteroatoms. The number of benzene rings is 1. The Bertz CT molecular complexity index is 495. The highest BCUT2D eigenvalue weighted by Gasteiger charge is 2.35. The molecule has 21 heavy (non-hydrogen) atoms. The van der Waals surface area contributed by atoms with Crippen molar-refractivity contribution in [3.05, 3.63) is 35.4 Å². The van der Waals surface area contributed by atoms with Gasteiger partial charge < -0.3 is 10.4 Å². The van der Waals surface area contributed by atoms with Crippen LogP contribution in [-0.2, 0) is 22.6 Å². The molecule has 1 amide bonds. The van der Waals surface area contributed by atoms with Crippen molar-refractivity contribution >= 4 is 11.9 Å². The normalized spacial score (nSPS) is 21.8. The molecule has 1 aliphatic rings. The lowest BCUT2D eigenvalue weighted by Gasteiger charge is -2.27. The number of hydrogen-bond donors (Lipinski definition) is 2. The molecule has 2 rings (SSSR count). The minimum Gasteiger partial charge on any atom is -0.481 e. The Morgan fingerprint density at radius 1 is 1.10 bits per heavy atom. The van der Waals surface area contributed by atoms with Crippen LogP contribution in [0.5, 0.6) is 0 Å². The Balaban J connectivity index is 1.91. The number of rotatable bonds is 5. The molecule has 0 heterocycles. The first-order valence-corrected chi connectivity index (χ1v) is 7.70. The lowest BCUT2D eigenvalue weighted by atomic mass is 9.78. The summed E-state index contributed by atoms with van der Waals surface area (Å²) in [6, 6.07) is 8.13. The monoisotopic (exact) mass is 289 g/mol. The van der Waals surface area contributed by atoms with Crippen LogP contribution in [0.2, 0.25) is 0 Å². The summed E-state index contributed by atoms with van der Waals surface area (Å²) in [7, 11) is 0. The van der Waals surface area contributed by atoms with Gasteiger partial charge in [-0.15, -0.1) is 0 Å². The maximum absolute atomic E-state index is 12.2. The van der Waals surface area contributed by atoms with Crippen molar-refractivity contribution in [3.63, 3.8) is 0 Å². The van der Waals surface area contributed by atoms with Gasteiger partial charge in [-0.1, -0.05) is 44.0 Å². The van der Waals surface area contributed by atoms with Crippen molar-refractivity contribution in [2.75, 3.05) is 0 Å². The number of aryl methyl sites for hydroxylation is 1. The number of hydrogen-bond acceptors (Lipinski definition) is 2. The second-order valence-electron chi connectivity index (χ2n) is 5.72. The maximum atomic E-state index is 12.2. The first-order chi connectivity index (χ1) is 10.1. The summed E-state index contributed by atoms with van der Waals surface area (Å²) >= 11 is 0. The molecule has 0 radical (unpaired) electrons. The number of amides is 1. The maximum Gasteiger partial charge on any atom is 0.307 e. The van der Waals surface area contributed by atoms with Gasteiger partial charge in [-0.25, -0.2) is 0 Å². The van der Waals surface area contributed by atoms with Gasteiger partial charge in [0.15, 0.2) is 0 Å². The summed E-state index contributed by atoms with van der Waals surface area (Å²) < 4.78 is 0. The fourth-order valence-corrected chi connectivity index (χ4v) is 2.95. The van der Waals surface area contributed by atoms with Crippen LogP contribution in [0.4, 0.5) is 0 Å². The van der Waals surface area contributed by atoms with Crippen molar-refractivity contribution < 1.29 is 14.7 Å². The molecule has 114 valence electrons. The molecule has 1 fully saturated rings. The molecule has 1 aromatic carbocycles. The summed E-state index contributed by atoms with van der Waals surface area (Å²) in [4.78, 5) is 23.5. The number of aliphatic carboxylic acids is 1. The van der Waals surface area contributed by atoms with E-state index in [4.69, 9.17) is 0 Å². The van der Waals surface area contributed by atoms with Gasteiger partial charge in [-0.2, -0.15) is 0 Å². The zero-order chi connectivity index (χ0) is 15.2. The summed E-state index contributed by atoms with van der Waals surface area (Å²) in [6.45, 7) is 2.57. The van der Waals surface area contributed by atoms with Crippen LogP contribution in [0.3, 0.4) is 0 Å². The van der Waals surface area contributed by atoms with Gasteiger partial charge in [-0.3, -0.25) is 9.59 Å². The van der Waals surface area contributed by atoms with Gasteiger partial charge in [0.2, 0.25) is 5.91 Å². The van der Waals surface area contributed by atoms with E-state index in [0.29, 0.717) is 19.4 Å². The molecule has 2 N–H and O–H groups in total. The van der Waals surface area contributed by atoms with Gasteiger partial charge in [0, 0.05) is 6.54 Å². The Morgan fingerprint density at radius 3 is 2.24 bits per heavy atom. The molecule has 0 saturated heterocycles. The molecular weight excluding hydrogens is 266 g/mol. The second-order valence-corrected chi connectivity index (χ2v) is 5.72. The van der Waals surface area contributed by atoms with Crippen LogP contribution < -0.4 is 5.32 Å². The third-order valence-electron chi connectivity index (χ3n) is 4.32. The predicted octanol–water partition coefficient (Wildman–Crippen LogP) is 2.76. The van der Waals surface area contributed by atoms with Crippen LogP contribution >= 0.6 is 0 Å². The minimum atomic E-state index is -0.845. The SMILES string of the molecule is CCc1ccc(CNC(=O)[C@@H]2CCCC[C@H]2C(=O)O)cc1. The second kappa shape index (κ2) is 7.25. The summed E-state index contributed by atoms with van der Waals surface area (Å²) in [5.41, 5.74) is 2.31. The molecule has 0 aromatic heterocycles. The predicted molar refractivity (Wildman–Crippen MR) is 80.8 cm³/mol. The smallest absolute Gasteiger partial charge is 0.307 e. The van der Waals surface area contributed by atoms with Crippen molar-refractivity contribution in [1.29, 1.82) is 0 Å². The first kappa shape index (κ1) is 15.5. The quantitative estimate of drug-likeness (QED) is 0.876. The fraction of sp³-hybridized carbons (Fsp3) is 0.529. The summed E-state index contributed by atoms with van der Waals surface area (Å²) in [5.74, 6) is -1.88. The zero-order valence-corrected chi connectivity index (χ0v) is 12.5. The van der Waals surface area contributed by atoms with Crippen LogP contribution in [0, 0.1) is 11.8 Å². The van der Waals surface area contributed by atoms with Crippen LogP contribution in [0.15, 0.2) is 24.3 Å². The molecular formula is C17H23NO3. The van der Waals surface area contributed by atoms with E-state index in [1.165, 1.54) is 5.56 Å². The lowest BCUT2D eigenvalue weighted by molar-refractivity contribution is -0.148. The topological polar surface area (TPSA) is 66.4 Å². The highest BCUT2D eigenvalue weighted by molar-refractivity contribution is 5.84. The molecule has 0 bridgehead atoms. The highest BCUT2D eigenvalue weighted by Crippen LogP contribution is 2.30. The molecule has 0 spiro atoms. The molecule has 0 aliphatic heterocycles. The number of carbonyl (C=O) groups is 2. The van der Waals surface area contributed by atoms with E-state index < -0.39 is 11.9 Å². The molecule has 2 atom stereocenters. The third-order valence-corrected chi connectivity index (χ3v) is 4.32. The van der Waals surface area contributed by atoms with Gasteiger partial charge >= 0.3 is 5.97 Å². The largest absolute Gasteiger partial charge is 0.481 e. The summed E-state index contributed by atoms with van der Waals surface area (Å²) in [5, 5.41) is 12.1. The Hall–Kier alpha value is -1.84. The number of nitrogens with one attached hydrogen (secondary N) is 1. The van der Waals surface area contributed by atoms with E-state index in [0.717, 1.165) is 24.8 Å². The van der Waals surface area contributed by atoms with Crippen molar-refractivity contribution in [3.8, 4) is 0 Å². The van der Waals surface area contributed by atoms with Gasteiger partial charge in [-0.05, 0) is 30.4 Å². The molecule has 1 aromatic rings. The van der Waals surface area contributed by atoms with Gasteiger partial charge in [0.25, 0.3) is 0 Å². The standard InChI is InChI=1S/C17H23NO3/c1-2-12-7-9-13(10-8-12)11-18-16(19)14-5-3-4-6-15(14)17(20)21/h7-10,14-15H,2-6,11H2,1H3,(H,18,19)(H,20,21)/t14-,15-/m1/s1. The number of carboxylic acid groups (broad SMARTS) is 1. The molecule has 1 saturated carbocycles. The van der Waals surface area contributed by atoms with Crippen LogP contribution in [0.1, 0.15) is 43.7 Å². The van der Waals surface area contributed by atoms with Gasteiger partial charge in [0.1, 0.15) is 0 Å². The van der Waals surface area contributed by atoms with E-state index in [-0.39, 0.29) is 11.8 Å². The Kier molecular flexibility index (Phi) is 5.37.